The van der Waals surface area contributed by atoms with Crippen molar-refractivity contribution in [3.8, 4) is 0 Å². The zero-order chi connectivity index (χ0) is 11.9. The van der Waals surface area contributed by atoms with Gasteiger partial charge in [-0.2, -0.15) is 0 Å². The average Bonchev–Trinajstić information content (AvgIpc) is 2.19. The van der Waals surface area contributed by atoms with Crippen molar-refractivity contribution < 1.29 is 4.39 Å². The van der Waals surface area contributed by atoms with E-state index < -0.39 is 0 Å². The molecule has 0 unspecified atom stereocenters. The van der Waals surface area contributed by atoms with Crippen LogP contribution in [0.15, 0.2) is 29.1 Å². The van der Waals surface area contributed by atoms with Crippen LogP contribution in [0.3, 0.4) is 0 Å². The highest BCUT2D eigenvalue weighted by Crippen LogP contribution is 2.23. The zero-order valence-electron chi connectivity index (χ0n) is 9.62. The quantitative estimate of drug-likeness (QED) is 0.722. The Kier molecular flexibility index (Phi) is 2.54. The van der Waals surface area contributed by atoms with Crippen molar-refractivity contribution >= 4 is 10.8 Å². The van der Waals surface area contributed by atoms with Crippen molar-refractivity contribution in [1.82, 2.24) is 4.57 Å². The van der Waals surface area contributed by atoms with Crippen molar-refractivity contribution in [3.63, 3.8) is 0 Å². The Morgan fingerprint density at radius 1 is 1.25 bits per heavy atom. The molecule has 0 aliphatic carbocycles. The summed E-state index contributed by atoms with van der Waals surface area (Å²) in [6.45, 7) is 4.05. The van der Waals surface area contributed by atoms with Gasteiger partial charge in [0.15, 0.2) is 0 Å². The summed E-state index contributed by atoms with van der Waals surface area (Å²) in [6, 6.07) is 6.05. The van der Waals surface area contributed by atoms with Crippen LogP contribution in [0.25, 0.3) is 10.8 Å². The van der Waals surface area contributed by atoms with E-state index in [-0.39, 0.29) is 17.3 Å². The Bertz CT molecular complexity index is 599. The topological polar surface area (TPSA) is 22.0 Å². The molecule has 0 N–H and O–H groups in total. The highest BCUT2D eigenvalue weighted by molar-refractivity contribution is 5.85. The van der Waals surface area contributed by atoms with Crippen molar-refractivity contribution in [2.24, 2.45) is 7.05 Å². The van der Waals surface area contributed by atoms with E-state index in [2.05, 4.69) is 0 Å². The molecule has 2 rings (SSSR count). The standard InChI is InChI=1S/C13H14FNO/c1-8(2)13-11-5-4-10(14)6-9(11)7-12(16)15(13)3/h4-8H,1-3H3. The van der Waals surface area contributed by atoms with Gasteiger partial charge < -0.3 is 4.57 Å². The van der Waals surface area contributed by atoms with Gasteiger partial charge in [0.2, 0.25) is 0 Å². The molecular weight excluding hydrogens is 205 g/mol. The molecule has 0 spiro atoms. The number of halogens is 1. The summed E-state index contributed by atoms with van der Waals surface area (Å²) in [7, 11) is 1.75. The van der Waals surface area contributed by atoms with Crippen LogP contribution < -0.4 is 5.56 Å². The molecule has 2 aromatic rings. The smallest absolute Gasteiger partial charge is 0.251 e. The van der Waals surface area contributed by atoms with Crippen LogP contribution in [0, 0.1) is 5.82 Å². The number of hydrogen-bond donors (Lipinski definition) is 0. The molecule has 3 heteroatoms. The molecule has 0 saturated carbocycles. The highest BCUT2D eigenvalue weighted by Gasteiger charge is 2.10. The predicted octanol–water partition coefficient (Wildman–Crippen LogP) is 2.80. The van der Waals surface area contributed by atoms with Crippen molar-refractivity contribution in [3.05, 3.63) is 46.1 Å². The van der Waals surface area contributed by atoms with Crippen LogP contribution in [-0.4, -0.2) is 4.57 Å². The van der Waals surface area contributed by atoms with Gasteiger partial charge in [-0.15, -0.1) is 0 Å². The first-order valence-corrected chi connectivity index (χ1v) is 5.30. The minimum absolute atomic E-state index is 0.0956. The maximum Gasteiger partial charge on any atom is 0.251 e. The fraction of sp³-hybridized carbons (Fsp3) is 0.308. The van der Waals surface area contributed by atoms with Gasteiger partial charge in [-0.25, -0.2) is 4.39 Å². The molecule has 0 radical (unpaired) electrons. The number of pyridine rings is 1. The van der Waals surface area contributed by atoms with Gasteiger partial charge in [0.25, 0.3) is 5.56 Å². The lowest BCUT2D eigenvalue weighted by Gasteiger charge is -2.14. The van der Waals surface area contributed by atoms with E-state index in [0.29, 0.717) is 5.39 Å². The summed E-state index contributed by atoms with van der Waals surface area (Å²) in [5, 5.41) is 1.62. The van der Waals surface area contributed by atoms with Gasteiger partial charge in [0, 0.05) is 24.2 Å². The number of nitrogens with zero attached hydrogens (tertiary/aromatic N) is 1. The molecule has 2 nitrogen and oxygen atoms in total. The van der Waals surface area contributed by atoms with Crippen LogP contribution in [0.5, 0.6) is 0 Å². The lowest BCUT2D eigenvalue weighted by Crippen LogP contribution is -2.20. The third kappa shape index (κ3) is 1.62. The van der Waals surface area contributed by atoms with Crippen LogP contribution in [0.4, 0.5) is 4.39 Å². The maximum absolute atomic E-state index is 13.1. The van der Waals surface area contributed by atoms with E-state index >= 15 is 0 Å². The van der Waals surface area contributed by atoms with Gasteiger partial charge in [-0.1, -0.05) is 13.8 Å². The Morgan fingerprint density at radius 2 is 1.94 bits per heavy atom. The minimum atomic E-state index is -0.310. The van der Waals surface area contributed by atoms with E-state index in [4.69, 9.17) is 0 Å². The van der Waals surface area contributed by atoms with Gasteiger partial charge in [0.1, 0.15) is 5.82 Å². The third-order valence-electron chi connectivity index (χ3n) is 2.81. The Labute approximate surface area is 93.3 Å². The first kappa shape index (κ1) is 10.9. The summed E-state index contributed by atoms with van der Waals surface area (Å²) < 4.78 is 14.7. The van der Waals surface area contributed by atoms with Gasteiger partial charge in [0.05, 0.1) is 0 Å². The van der Waals surface area contributed by atoms with E-state index in [1.165, 1.54) is 18.2 Å². The third-order valence-corrected chi connectivity index (χ3v) is 2.81. The molecule has 0 aliphatic heterocycles. The van der Waals surface area contributed by atoms with E-state index in [0.717, 1.165) is 11.1 Å². The SMILES string of the molecule is CC(C)c1c2ccc(F)cc2cc(=O)n1C. The fourth-order valence-electron chi connectivity index (χ4n) is 2.11. The van der Waals surface area contributed by atoms with Crippen molar-refractivity contribution in [2.45, 2.75) is 19.8 Å². The summed E-state index contributed by atoms with van der Waals surface area (Å²) in [4.78, 5) is 11.7. The van der Waals surface area contributed by atoms with Crippen LogP contribution in [-0.2, 0) is 7.05 Å². The fourth-order valence-corrected chi connectivity index (χ4v) is 2.11. The van der Waals surface area contributed by atoms with Crippen LogP contribution in [0.1, 0.15) is 25.5 Å². The van der Waals surface area contributed by atoms with Gasteiger partial charge in [-0.3, -0.25) is 4.79 Å². The Morgan fingerprint density at radius 3 is 2.56 bits per heavy atom. The van der Waals surface area contributed by atoms with Gasteiger partial charge in [-0.05, 0) is 29.5 Å². The normalized spacial score (nSPS) is 11.3. The average molecular weight is 219 g/mol. The maximum atomic E-state index is 13.1. The number of benzene rings is 1. The van der Waals surface area contributed by atoms with Gasteiger partial charge >= 0.3 is 0 Å². The molecule has 0 bridgehead atoms. The molecule has 0 amide bonds. The second-order valence-electron chi connectivity index (χ2n) is 4.31. The first-order valence-electron chi connectivity index (χ1n) is 5.30. The molecule has 16 heavy (non-hydrogen) atoms. The van der Waals surface area contributed by atoms with Crippen LogP contribution in [0.2, 0.25) is 0 Å². The second-order valence-corrected chi connectivity index (χ2v) is 4.31. The molecule has 1 aromatic carbocycles. The summed E-state index contributed by atoms with van der Waals surface area (Å²) in [5.41, 5.74) is 0.851. The molecule has 84 valence electrons. The highest BCUT2D eigenvalue weighted by atomic mass is 19.1. The van der Waals surface area contributed by atoms with E-state index in [9.17, 15) is 9.18 Å². The molecular formula is C13H14FNO. The number of fused-ring (bicyclic) bond motifs is 1. The molecule has 0 atom stereocenters. The number of rotatable bonds is 1. The lowest BCUT2D eigenvalue weighted by molar-refractivity contribution is 0.629. The molecule has 1 aromatic heterocycles. The summed E-state index contributed by atoms with van der Waals surface area (Å²) >= 11 is 0. The molecule has 0 saturated heterocycles. The predicted molar refractivity (Wildman–Crippen MR) is 63.2 cm³/mol. The summed E-state index contributed by atoms with van der Waals surface area (Å²) in [6.07, 6.45) is 0. The zero-order valence-corrected chi connectivity index (χ0v) is 9.62. The minimum Gasteiger partial charge on any atom is -0.315 e. The molecule has 0 fully saturated rings. The molecule has 0 aliphatic rings. The Hall–Kier alpha value is -1.64. The number of aromatic nitrogens is 1. The number of hydrogen-bond acceptors (Lipinski definition) is 1. The first-order chi connectivity index (χ1) is 7.50. The Balaban J connectivity index is 2.94. The van der Waals surface area contributed by atoms with E-state index in [1.807, 2.05) is 13.8 Å². The van der Waals surface area contributed by atoms with E-state index in [1.54, 1.807) is 17.7 Å². The largest absolute Gasteiger partial charge is 0.315 e. The van der Waals surface area contributed by atoms with Crippen molar-refractivity contribution in [1.29, 1.82) is 0 Å². The van der Waals surface area contributed by atoms with Crippen LogP contribution >= 0.6 is 0 Å². The molecule has 1 heterocycles. The van der Waals surface area contributed by atoms with Crippen molar-refractivity contribution in [2.75, 3.05) is 0 Å². The monoisotopic (exact) mass is 219 g/mol. The summed E-state index contributed by atoms with van der Waals surface area (Å²) in [5.74, 6) is -0.0812. The second kappa shape index (κ2) is 3.74. The lowest BCUT2D eigenvalue weighted by atomic mass is 10.0.